The Morgan fingerprint density at radius 2 is 1.88 bits per heavy atom. The van der Waals surface area contributed by atoms with Crippen LogP contribution in [-0.2, 0) is 4.74 Å². The molecule has 2 nitrogen and oxygen atoms in total. The van der Waals surface area contributed by atoms with E-state index in [-0.39, 0.29) is 0 Å². The summed E-state index contributed by atoms with van der Waals surface area (Å²) in [6.45, 7) is 0.751. The Bertz CT molecular complexity index is 306. The van der Waals surface area contributed by atoms with Crippen molar-refractivity contribution in [2.45, 2.75) is 44.2 Å². The van der Waals surface area contributed by atoms with Gasteiger partial charge in [0.25, 0.3) is 0 Å². The zero-order chi connectivity index (χ0) is 11.9. The van der Waals surface area contributed by atoms with Gasteiger partial charge in [0.05, 0.1) is 12.6 Å². The van der Waals surface area contributed by atoms with Gasteiger partial charge in [0.1, 0.15) is 0 Å². The summed E-state index contributed by atoms with van der Waals surface area (Å²) in [4.78, 5) is 0. The molecule has 0 aliphatic heterocycles. The van der Waals surface area contributed by atoms with Gasteiger partial charge >= 0.3 is 0 Å². The smallest absolute Gasteiger partial charge is 0.0657 e. The third-order valence-corrected chi connectivity index (χ3v) is 3.58. The highest BCUT2D eigenvalue weighted by Crippen LogP contribution is 2.21. The summed E-state index contributed by atoms with van der Waals surface area (Å²) in [5.74, 6) is 0. The van der Waals surface area contributed by atoms with Crippen molar-refractivity contribution in [3.8, 4) is 0 Å². The highest BCUT2D eigenvalue weighted by molar-refractivity contribution is 5.19. The van der Waals surface area contributed by atoms with Crippen molar-refractivity contribution in [3.63, 3.8) is 0 Å². The first kappa shape index (κ1) is 12.6. The maximum absolute atomic E-state index is 5.34. The molecule has 0 aromatic heterocycles. The number of benzene rings is 1. The third kappa shape index (κ3) is 3.83. The summed E-state index contributed by atoms with van der Waals surface area (Å²) in [6.07, 6.45) is 6.76. The summed E-state index contributed by atoms with van der Waals surface area (Å²) < 4.78 is 5.34. The second-order valence-corrected chi connectivity index (χ2v) is 4.92. The van der Waals surface area contributed by atoms with Gasteiger partial charge in [-0.25, -0.2) is 0 Å². The average Bonchev–Trinajstić information content (AvgIpc) is 2.40. The first-order valence-corrected chi connectivity index (χ1v) is 6.70. The lowest BCUT2D eigenvalue weighted by Crippen LogP contribution is -2.36. The van der Waals surface area contributed by atoms with Crippen molar-refractivity contribution in [1.29, 1.82) is 0 Å². The molecule has 0 unspecified atom stereocenters. The Balaban J connectivity index is 1.96. The van der Waals surface area contributed by atoms with E-state index in [1.807, 2.05) is 0 Å². The standard InChI is InChI=1S/C15H23NO/c1-17-12-15(13-8-4-2-5-9-13)16-14-10-6-3-7-11-14/h2,4-5,8-9,14-16H,3,6-7,10-12H2,1H3/t15-/m0/s1. The van der Waals surface area contributed by atoms with Gasteiger partial charge in [0.15, 0.2) is 0 Å². The summed E-state index contributed by atoms with van der Waals surface area (Å²) in [7, 11) is 1.78. The maximum atomic E-state index is 5.34. The van der Waals surface area contributed by atoms with Crippen LogP contribution < -0.4 is 5.32 Å². The van der Waals surface area contributed by atoms with Gasteiger partial charge in [-0.05, 0) is 18.4 Å². The number of nitrogens with one attached hydrogen (secondary N) is 1. The van der Waals surface area contributed by atoms with Crippen LogP contribution in [0.5, 0.6) is 0 Å². The van der Waals surface area contributed by atoms with E-state index in [1.54, 1.807) is 7.11 Å². The van der Waals surface area contributed by atoms with E-state index in [1.165, 1.54) is 37.7 Å². The summed E-state index contributed by atoms with van der Waals surface area (Å²) in [6, 6.07) is 11.6. The van der Waals surface area contributed by atoms with Gasteiger partial charge in [0, 0.05) is 13.2 Å². The molecule has 0 radical (unpaired) electrons. The Kier molecular flexibility index (Phi) is 5.02. The van der Waals surface area contributed by atoms with Crippen LogP contribution in [0.15, 0.2) is 30.3 Å². The number of ether oxygens (including phenoxy) is 1. The Labute approximate surface area is 104 Å². The number of rotatable bonds is 5. The van der Waals surface area contributed by atoms with E-state index < -0.39 is 0 Å². The molecule has 0 bridgehead atoms. The van der Waals surface area contributed by atoms with E-state index in [0.717, 1.165) is 6.61 Å². The number of methoxy groups -OCH3 is 1. The minimum Gasteiger partial charge on any atom is -0.383 e. The van der Waals surface area contributed by atoms with Crippen molar-refractivity contribution >= 4 is 0 Å². The van der Waals surface area contributed by atoms with Crippen LogP contribution in [0.2, 0.25) is 0 Å². The van der Waals surface area contributed by atoms with Gasteiger partial charge in [-0.2, -0.15) is 0 Å². The van der Waals surface area contributed by atoms with Crippen LogP contribution in [0.3, 0.4) is 0 Å². The molecular formula is C15H23NO. The lowest BCUT2D eigenvalue weighted by atomic mass is 9.94. The third-order valence-electron chi connectivity index (χ3n) is 3.58. The Hall–Kier alpha value is -0.860. The SMILES string of the molecule is COC[C@H](NC1CCCCC1)c1ccccc1. The molecule has 1 aromatic carbocycles. The van der Waals surface area contributed by atoms with E-state index in [2.05, 4.69) is 35.6 Å². The van der Waals surface area contributed by atoms with Crippen LogP contribution >= 0.6 is 0 Å². The van der Waals surface area contributed by atoms with Gasteiger partial charge in [0.2, 0.25) is 0 Å². The summed E-state index contributed by atoms with van der Waals surface area (Å²) >= 11 is 0. The highest BCUT2D eigenvalue weighted by Gasteiger charge is 2.18. The van der Waals surface area contributed by atoms with Crippen molar-refractivity contribution in [3.05, 3.63) is 35.9 Å². The fraction of sp³-hybridized carbons (Fsp3) is 0.600. The first-order valence-electron chi connectivity index (χ1n) is 6.70. The van der Waals surface area contributed by atoms with Crippen LogP contribution in [0.1, 0.15) is 43.7 Å². The van der Waals surface area contributed by atoms with Gasteiger partial charge in [-0.15, -0.1) is 0 Å². The predicted molar refractivity (Wildman–Crippen MR) is 71.1 cm³/mol. The molecule has 0 amide bonds. The first-order chi connectivity index (χ1) is 8.40. The van der Waals surface area contributed by atoms with Crippen molar-refractivity contribution in [2.24, 2.45) is 0 Å². The van der Waals surface area contributed by atoms with Gasteiger partial charge in [-0.3, -0.25) is 0 Å². The molecule has 17 heavy (non-hydrogen) atoms. The second kappa shape index (κ2) is 6.77. The van der Waals surface area contributed by atoms with Crippen molar-refractivity contribution in [1.82, 2.24) is 5.32 Å². The average molecular weight is 233 g/mol. The number of hydrogen-bond donors (Lipinski definition) is 1. The molecule has 2 rings (SSSR count). The van der Waals surface area contributed by atoms with Gasteiger partial charge in [-0.1, -0.05) is 49.6 Å². The lowest BCUT2D eigenvalue weighted by Gasteiger charge is -2.28. The van der Waals surface area contributed by atoms with E-state index in [4.69, 9.17) is 4.74 Å². The molecular weight excluding hydrogens is 210 g/mol. The van der Waals surface area contributed by atoms with E-state index in [9.17, 15) is 0 Å². The molecule has 1 N–H and O–H groups in total. The molecule has 94 valence electrons. The molecule has 1 aromatic rings. The van der Waals surface area contributed by atoms with E-state index >= 15 is 0 Å². The normalized spacial score (nSPS) is 19.1. The lowest BCUT2D eigenvalue weighted by molar-refractivity contribution is 0.156. The van der Waals surface area contributed by atoms with Crippen LogP contribution in [0.4, 0.5) is 0 Å². The molecule has 1 fully saturated rings. The quantitative estimate of drug-likeness (QED) is 0.842. The predicted octanol–water partition coefficient (Wildman–Crippen LogP) is 3.30. The fourth-order valence-corrected chi connectivity index (χ4v) is 2.65. The zero-order valence-electron chi connectivity index (χ0n) is 10.7. The van der Waals surface area contributed by atoms with Gasteiger partial charge < -0.3 is 10.1 Å². The molecule has 1 atom stereocenters. The zero-order valence-corrected chi connectivity index (χ0v) is 10.7. The second-order valence-electron chi connectivity index (χ2n) is 4.92. The Morgan fingerprint density at radius 3 is 2.53 bits per heavy atom. The fourth-order valence-electron chi connectivity index (χ4n) is 2.65. The summed E-state index contributed by atoms with van der Waals surface area (Å²) in [5.41, 5.74) is 1.33. The molecule has 1 aliphatic carbocycles. The topological polar surface area (TPSA) is 21.3 Å². The van der Waals surface area contributed by atoms with Crippen LogP contribution in [0, 0.1) is 0 Å². The van der Waals surface area contributed by atoms with Crippen molar-refractivity contribution in [2.75, 3.05) is 13.7 Å². The molecule has 0 saturated heterocycles. The van der Waals surface area contributed by atoms with Crippen molar-refractivity contribution < 1.29 is 4.74 Å². The van der Waals surface area contributed by atoms with Crippen LogP contribution in [-0.4, -0.2) is 19.8 Å². The molecule has 2 heteroatoms. The minimum atomic E-state index is 0.337. The molecule has 1 aliphatic rings. The van der Waals surface area contributed by atoms with E-state index in [0.29, 0.717) is 12.1 Å². The summed E-state index contributed by atoms with van der Waals surface area (Å²) in [5, 5.41) is 3.75. The molecule has 1 saturated carbocycles. The molecule has 0 spiro atoms. The highest BCUT2D eigenvalue weighted by atomic mass is 16.5. The minimum absolute atomic E-state index is 0.337. The largest absolute Gasteiger partial charge is 0.383 e. The maximum Gasteiger partial charge on any atom is 0.0657 e. The number of hydrogen-bond acceptors (Lipinski definition) is 2. The molecule has 0 heterocycles. The monoisotopic (exact) mass is 233 g/mol. The Morgan fingerprint density at radius 1 is 1.18 bits per heavy atom. The van der Waals surface area contributed by atoms with Crippen LogP contribution in [0.25, 0.3) is 0 Å².